The standard InChI is InChI=1S/C18H27N5O2/c1-7-22(8-2)16(24)11-21(6)18(25)15-9-14-10-19-23(12(3)4)17(14)20-13(15)5/h9-10,12H,7-8,11H2,1-6H3. The molecule has 0 N–H and O–H groups in total. The maximum absolute atomic E-state index is 12.8. The molecule has 7 heteroatoms. The molecule has 0 fully saturated rings. The number of aryl methyl sites for hydroxylation is 1. The summed E-state index contributed by atoms with van der Waals surface area (Å²) in [5.41, 5.74) is 1.92. The molecule has 0 saturated carbocycles. The summed E-state index contributed by atoms with van der Waals surface area (Å²) in [7, 11) is 1.64. The number of hydrogen-bond acceptors (Lipinski definition) is 4. The van der Waals surface area contributed by atoms with Crippen LogP contribution in [-0.4, -0.2) is 63.1 Å². The first-order chi connectivity index (χ1) is 11.8. The van der Waals surface area contributed by atoms with Gasteiger partial charge in [0.1, 0.15) is 0 Å². The van der Waals surface area contributed by atoms with E-state index in [4.69, 9.17) is 0 Å². The lowest BCUT2D eigenvalue weighted by atomic mass is 10.1. The average Bonchev–Trinajstić information content (AvgIpc) is 2.97. The Balaban J connectivity index is 2.27. The number of fused-ring (bicyclic) bond motifs is 1. The summed E-state index contributed by atoms with van der Waals surface area (Å²) in [6.07, 6.45) is 1.72. The van der Waals surface area contributed by atoms with E-state index in [1.807, 2.05) is 45.4 Å². The predicted molar refractivity (Wildman–Crippen MR) is 97.5 cm³/mol. The molecular formula is C18H27N5O2. The molecule has 2 aromatic rings. The number of hydrogen-bond donors (Lipinski definition) is 0. The van der Waals surface area contributed by atoms with E-state index in [1.54, 1.807) is 18.1 Å². The molecule has 0 unspecified atom stereocenters. The molecule has 136 valence electrons. The Hall–Kier alpha value is -2.44. The largest absolute Gasteiger partial charge is 0.342 e. The lowest BCUT2D eigenvalue weighted by molar-refractivity contribution is -0.131. The highest BCUT2D eigenvalue weighted by atomic mass is 16.2. The lowest BCUT2D eigenvalue weighted by Gasteiger charge is -2.23. The van der Waals surface area contributed by atoms with Crippen LogP contribution in [0.1, 0.15) is 49.8 Å². The van der Waals surface area contributed by atoms with Crippen molar-refractivity contribution in [1.29, 1.82) is 0 Å². The third-order valence-corrected chi connectivity index (χ3v) is 4.31. The molecule has 0 saturated heterocycles. The van der Waals surface area contributed by atoms with Gasteiger partial charge in [-0.3, -0.25) is 9.59 Å². The van der Waals surface area contributed by atoms with E-state index in [9.17, 15) is 9.59 Å². The summed E-state index contributed by atoms with van der Waals surface area (Å²) >= 11 is 0. The SMILES string of the molecule is CCN(CC)C(=O)CN(C)C(=O)c1cc2cnn(C(C)C)c2nc1C. The fourth-order valence-electron chi connectivity index (χ4n) is 2.82. The van der Waals surface area contributed by atoms with Crippen molar-refractivity contribution in [1.82, 2.24) is 24.6 Å². The monoisotopic (exact) mass is 345 g/mol. The van der Waals surface area contributed by atoms with Gasteiger partial charge in [-0.05, 0) is 40.7 Å². The van der Waals surface area contributed by atoms with Crippen LogP contribution in [0.4, 0.5) is 0 Å². The molecule has 0 spiro atoms. The van der Waals surface area contributed by atoms with Crippen molar-refractivity contribution in [2.45, 2.75) is 40.7 Å². The zero-order valence-corrected chi connectivity index (χ0v) is 15.9. The third-order valence-electron chi connectivity index (χ3n) is 4.31. The van der Waals surface area contributed by atoms with Crippen LogP contribution < -0.4 is 0 Å². The van der Waals surface area contributed by atoms with Gasteiger partial charge >= 0.3 is 0 Å². The van der Waals surface area contributed by atoms with Crippen LogP contribution in [0.25, 0.3) is 11.0 Å². The van der Waals surface area contributed by atoms with Crippen molar-refractivity contribution in [3.63, 3.8) is 0 Å². The molecule has 0 aromatic carbocycles. The smallest absolute Gasteiger partial charge is 0.255 e. The minimum atomic E-state index is -0.204. The maximum atomic E-state index is 12.8. The van der Waals surface area contributed by atoms with Gasteiger partial charge in [0.25, 0.3) is 5.91 Å². The Labute approximate surface area is 148 Å². The molecule has 0 radical (unpaired) electrons. The first kappa shape index (κ1) is 18.9. The van der Waals surface area contributed by atoms with Gasteiger partial charge in [0.15, 0.2) is 5.65 Å². The number of pyridine rings is 1. The molecule has 0 aliphatic heterocycles. The zero-order chi connectivity index (χ0) is 18.7. The Kier molecular flexibility index (Phi) is 5.77. The van der Waals surface area contributed by atoms with Crippen LogP contribution in [0.2, 0.25) is 0 Å². The lowest BCUT2D eigenvalue weighted by Crippen LogP contribution is -2.41. The van der Waals surface area contributed by atoms with Crippen LogP contribution >= 0.6 is 0 Å². The second kappa shape index (κ2) is 7.63. The van der Waals surface area contributed by atoms with E-state index in [-0.39, 0.29) is 24.4 Å². The highest BCUT2D eigenvalue weighted by molar-refractivity contribution is 5.99. The highest BCUT2D eigenvalue weighted by Crippen LogP contribution is 2.20. The third kappa shape index (κ3) is 3.81. The molecule has 0 atom stereocenters. The number of likely N-dealkylation sites (N-methyl/N-ethyl adjacent to an activating group) is 2. The van der Waals surface area contributed by atoms with Crippen LogP contribution in [0.15, 0.2) is 12.3 Å². The van der Waals surface area contributed by atoms with Gasteiger partial charge in [-0.2, -0.15) is 5.10 Å². The van der Waals surface area contributed by atoms with Crippen molar-refractivity contribution in [2.75, 3.05) is 26.7 Å². The van der Waals surface area contributed by atoms with E-state index in [2.05, 4.69) is 10.1 Å². The minimum absolute atomic E-state index is 0.0554. The molecule has 2 rings (SSSR count). The number of carbonyl (C=O) groups excluding carboxylic acids is 2. The average molecular weight is 345 g/mol. The molecule has 0 aliphatic rings. The first-order valence-corrected chi connectivity index (χ1v) is 8.68. The second-order valence-corrected chi connectivity index (χ2v) is 6.44. The van der Waals surface area contributed by atoms with E-state index in [0.717, 1.165) is 11.0 Å². The molecule has 2 heterocycles. The van der Waals surface area contributed by atoms with Gasteiger partial charge in [-0.25, -0.2) is 9.67 Å². The van der Waals surface area contributed by atoms with Crippen LogP contribution in [-0.2, 0) is 4.79 Å². The molecule has 2 amide bonds. The Morgan fingerprint density at radius 3 is 2.44 bits per heavy atom. The van der Waals surface area contributed by atoms with Crippen LogP contribution in [0.3, 0.4) is 0 Å². The van der Waals surface area contributed by atoms with Crippen molar-refractivity contribution in [3.05, 3.63) is 23.5 Å². The zero-order valence-electron chi connectivity index (χ0n) is 15.9. The van der Waals surface area contributed by atoms with Crippen molar-refractivity contribution >= 4 is 22.8 Å². The fourth-order valence-corrected chi connectivity index (χ4v) is 2.82. The number of amides is 2. The Morgan fingerprint density at radius 1 is 1.24 bits per heavy atom. The summed E-state index contributed by atoms with van der Waals surface area (Å²) in [6.45, 7) is 11.1. The molecule has 2 aromatic heterocycles. The number of nitrogens with zero attached hydrogens (tertiary/aromatic N) is 5. The van der Waals surface area contributed by atoms with Crippen molar-refractivity contribution < 1.29 is 9.59 Å². The summed E-state index contributed by atoms with van der Waals surface area (Å²) in [6, 6.07) is 2.00. The van der Waals surface area contributed by atoms with Gasteiger partial charge in [-0.15, -0.1) is 0 Å². The van der Waals surface area contributed by atoms with Crippen molar-refractivity contribution in [3.8, 4) is 0 Å². The van der Waals surface area contributed by atoms with Gasteiger partial charge in [-0.1, -0.05) is 0 Å². The second-order valence-electron chi connectivity index (χ2n) is 6.44. The molecule has 7 nitrogen and oxygen atoms in total. The normalized spacial score (nSPS) is 11.2. The maximum Gasteiger partial charge on any atom is 0.255 e. The molecule has 0 aliphatic carbocycles. The fraction of sp³-hybridized carbons (Fsp3) is 0.556. The highest BCUT2D eigenvalue weighted by Gasteiger charge is 2.21. The minimum Gasteiger partial charge on any atom is -0.342 e. The van der Waals surface area contributed by atoms with E-state index >= 15 is 0 Å². The first-order valence-electron chi connectivity index (χ1n) is 8.68. The summed E-state index contributed by atoms with van der Waals surface area (Å²) in [4.78, 5) is 32.7. The number of carbonyl (C=O) groups is 2. The number of rotatable bonds is 6. The predicted octanol–water partition coefficient (Wildman–Crippen LogP) is 2.26. The van der Waals surface area contributed by atoms with Crippen LogP contribution in [0.5, 0.6) is 0 Å². The quantitative estimate of drug-likeness (QED) is 0.805. The molecule has 0 bridgehead atoms. The van der Waals surface area contributed by atoms with Crippen LogP contribution in [0, 0.1) is 6.92 Å². The number of aromatic nitrogens is 3. The Bertz CT molecular complexity index is 777. The van der Waals surface area contributed by atoms with Gasteiger partial charge in [0, 0.05) is 31.6 Å². The van der Waals surface area contributed by atoms with Gasteiger partial charge in [0.05, 0.1) is 24.0 Å². The van der Waals surface area contributed by atoms with E-state index < -0.39 is 0 Å². The summed E-state index contributed by atoms with van der Waals surface area (Å²) < 4.78 is 1.84. The molecule has 25 heavy (non-hydrogen) atoms. The van der Waals surface area contributed by atoms with Crippen molar-refractivity contribution in [2.24, 2.45) is 0 Å². The summed E-state index contributed by atoms with van der Waals surface area (Å²) in [5.74, 6) is -0.259. The summed E-state index contributed by atoms with van der Waals surface area (Å²) in [5, 5.41) is 5.17. The Morgan fingerprint density at radius 2 is 1.88 bits per heavy atom. The van der Waals surface area contributed by atoms with Gasteiger partial charge < -0.3 is 9.80 Å². The van der Waals surface area contributed by atoms with E-state index in [1.165, 1.54) is 4.90 Å². The molecular weight excluding hydrogens is 318 g/mol. The van der Waals surface area contributed by atoms with E-state index in [0.29, 0.717) is 24.3 Å². The van der Waals surface area contributed by atoms with Gasteiger partial charge in [0.2, 0.25) is 5.91 Å². The topological polar surface area (TPSA) is 71.3 Å².